The number of nitrogens with one attached hydrogen (secondary N) is 1. The maximum atomic E-state index is 12.0. The minimum Gasteiger partial charge on any atom is -0.452 e. The predicted octanol–water partition coefficient (Wildman–Crippen LogP) is 3.61. The molecule has 1 aromatic heterocycles. The Morgan fingerprint density at radius 1 is 1.30 bits per heavy atom. The average molecular weight is 424 g/mol. The summed E-state index contributed by atoms with van der Waals surface area (Å²) < 4.78 is 6.10. The summed E-state index contributed by atoms with van der Waals surface area (Å²) in [5, 5.41) is 2.79. The van der Waals surface area contributed by atoms with Crippen LogP contribution in [0.2, 0.25) is 0 Å². The lowest BCUT2D eigenvalue weighted by Crippen LogP contribution is -2.21. The maximum absolute atomic E-state index is 12.0. The molecule has 1 aromatic carbocycles. The Balaban J connectivity index is 1.97. The van der Waals surface area contributed by atoms with Crippen LogP contribution in [0.3, 0.4) is 0 Å². The van der Waals surface area contributed by atoms with Crippen LogP contribution in [0.4, 0.5) is 5.69 Å². The number of esters is 1. The fourth-order valence-electron chi connectivity index (χ4n) is 2.01. The molecule has 6 heteroatoms. The molecule has 0 fully saturated rings. The molecule has 0 unspecified atom stereocenters. The van der Waals surface area contributed by atoms with Gasteiger partial charge < -0.3 is 10.1 Å². The molecule has 0 spiro atoms. The van der Waals surface area contributed by atoms with E-state index in [9.17, 15) is 9.59 Å². The van der Waals surface area contributed by atoms with Gasteiger partial charge in [-0.3, -0.25) is 9.78 Å². The van der Waals surface area contributed by atoms with E-state index >= 15 is 0 Å². The zero-order chi connectivity index (χ0) is 16.8. The van der Waals surface area contributed by atoms with Gasteiger partial charge in [-0.05, 0) is 64.4 Å². The lowest BCUT2D eigenvalue weighted by atomic mass is 10.0. The van der Waals surface area contributed by atoms with E-state index in [2.05, 4.69) is 46.7 Å². The fourth-order valence-corrected chi connectivity index (χ4v) is 2.52. The largest absolute Gasteiger partial charge is 0.452 e. The lowest BCUT2D eigenvalue weighted by Gasteiger charge is -2.14. The number of hydrogen-bond acceptors (Lipinski definition) is 4. The first kappa shape index (κ1) is 17.4. The molecule has 0 bridgehead atoms. The molecule has 0 saturated heterocycles. The number of rotatable bonds is 5. The molecule has 0 atom stereocenters. The molecule has 5 nitrogen and oxygen atoms in total. The molecule has 0 saturated carbocycles. The molecule has 0 aliphatic carbocycles. The number of amides is 1. The van der Waals surface area contributed by atoms with E-state index in [0.29, 0.717) is 5.56 Å². The lowest BCUT2D eigenvalue weighted by molar-refractivity contribution is -0.119. The Labute approximate surface area is 148 Å². The first-order chi connectivity index (χ1) is 11.0. The zero-order valence-electron chi connectivity index (χ0n) is 12.9. The van der Waals surface area contributed by atoms with Gasteiger partial charge in [0.1, 0.15) is 0 Å². The van der Waals surface area contributed by atoms with Crippen molar-refractivity contribution in [3.05, 3.63) is 57.4 Å². The normalized spacial score (nSPS) is 10.4. The number of benzene rings is 1. The first-order valence-corrected chi connectivity index (χ1v) is 8.21. The second-order valence-corrected chi connectivity index (χ2v) is 6.50. The molecular formula is C17H17IN2O3. The predicted molar refractivity (Wildman–Crippen MR) is 96.4 cm³/mol. The monoisotopic (exact) mass is 424 g/mol. The van der Waals surface area contributed by atoms with Crippen molar-refractivity contribution in [2.45, 2.75) is 19.8 Å². The molecule has 2 aromatic rings. The van der Waals surface area contributed by atoms with E-state index in [-0.39, 0.29) is 18.4 Å². The summed E-state index contributed by atoms with van der Waals surface area (Å²) in [6.07, 6.45) is 2.96. The quantitative estimate of drug-likeness (QED) is 0.589. The Morgan fingerprint density at radius 2 is 2.09 bits per heavy atom. The van der Waals surface area contributed by atoms with E-state index < -0.39 is 5.97 Å². The van der Waals surface area contributed by atoms with Gasteiger partial charge in [0, 0.05) is 21.7 Å². The summed E-state index contributed by atoms with van der Waals surface area (Å²) in [5.41, 5.74) is 2.10. The van der Waals surface area contributed by atoms with Crippen LogP contribution < -0.4 is 5.32 Å². The van der Waals surface area contributed by atoms with Gasteiger partial charge in [-0.25, -0.2) is 4.79 Å². The number of anilines is 1. The minimum absolute atomic E-state index is 0.276. The fraction of sp³-hybridized carbons (Fsp3) is 0.235. The highest BCUT2D eigenvalue weighted by molar-refractivity contribution is 14.1. The van der Waals surface area contributed by atoms with E-state index in [1.165, 1.54) is 6.20 Å². The molecule has 2 rings (SSSR count). The highest BCUT2D eigenvalue weighted by atomic mass is 127. The number of carbonyl (C=O) groups excluding carboxylic acids is 2. The van der Waals surface area contributed by atoms with Crippen molar-refractivity contribution in [3.8, 4) is 0 Å². The second-order valence-electron chi connectivity index (χ2n) is 5.25. The van der Waals surface area contributed by atoms with Crippen molar-refractivity contribution in [1.29, 1.82) is 0 Å². The Kier molecular flexibility index (Phi) is 6.09. The van der Waals surface area contributed by atoms with Crippen LogP contribution in [-0.2, 0) is 9.53 Å². The van der Waals surface area contributed by atoms with E-state index in [1.807, 2.05) is 18.2 Å². The van der Waals surface area contributed by atoms with Crippen molar-refractivity contribution >= 4 is 40.2 Å². The summed E-state index contributed by atoms with van der Waals surface area (Å²) in [6.45, 7) is 3.78. The molecule has 23 heavy (non-hydrogen) atoms. The second kappa shape index (κ2) is 8.05. The van der Waals surface area contributed by atoms with E-state index in [0.717, 1.165) is 14.8 Å². The van der Waals surface area contributed by atoms with Gasteiger partial charge in [0.05, 0.1) is 5.56 Å². The number of ether oxygens (including phenoxy) is 1. The van der Waals surface area contributed by atoms with Crippen molar-refractivity contribution in [3.63, 3.8) is 0 Å². The van der Waals surface area contributed by atoms with Gasteiger partial charge in [0.2, 0.25) is 0 Å². The van der Waals surface area contributed by atoms with Crippen LogP contribution in [0.25, 0.3) is 0 Å². The highest BCUT2D eigenvalue weighted by Crippen LogP contribution is 2.26. The van der Waals surface area contributed by atoms with Gasteiger partial charge in [-0.2, -0.15) is 0 Å². The molecular weight excluding hydrogens is 407 g/mol. The Morgan fingerprint density at radius 3 is 2.74 bits per heavy atom. The molecule has 120 valence electrons. The van der Waals surface area contributed by atoms with Gasteiger partial charge in [0.15, 0.2) is 6.61 Å². The minimum atomic E-state index is -0.569. The van der Waals surface area contributed by atoms with Crippen LogP contribution in [0.5, 0.6) is 0 Å². The molecule has 0 radical (unpaired) electrons. The SMILES string of the molecule is CC(C)c1cc(I)ccc1NC(=O)COC(=O)c1cccnc1. The van der Waals surface area contributed by atoms with Crippen molar-refractivity contribution in [1.82, 2.24) is 4.98 Å². The van der Waals surface area contributed by atoms with E-state index in [4.69, 9.17) is 4.74 Å². The third-order valence-electron chi connectivity index (χ3n) is 3.14. The van der Waals surface area contributed by atoms with Gasteiger partial charge in [-0.1, -0.05) is 13.8 Å². The first-order valence-electron chi connectivity index (χ1n) is 7.14. The van der Waals surface area contributed by atoms with Crippen LogP contribution in [0.15, 0.2) is 42.7 Å². The molecule has 1 heterocycles. The molecule has 0 aliphatic heterocycles. The number of halogens is 1. The summed E-state index contributed by atoms with van der Waals surface area (Å²) in [7, 11) is 0. The highest BCUT2D eigenvalue weighted by Gasteiger charge is 2.13. The Hall–Kier alpha value is -1.96. The van der Waals surface area contributed by atoms with Crippen molar-refractivity contribution in [2.75, 3.05) is 11.9 Å². The van der Waals surface area contributed by atoms with Gasteiger partial charge in [-0.15, -0.1) is 0 Å². The summed E-state index contributed by atoms with van der Waals surface area (Å²) in [5.74, 6) is -0.664. The zero-order valence-corrected chi connectivity index (χ0v) is 15.0. The summed E-state index contributed by atoms with van der Waals surface area (Å²) in [6, 6.07) is 9.03. The topological polar surface area (TPSA) is 68.3 Å². The van der Waals surface area contributed by atoms with Crippen LogP contribution in [0.1, 0.15) is 35.7 Å². The third-order valence-corrected chi connectivity index (χ3v) is 3.81. The summed E-state index contributed by atoms with van der Waals surface area (Å²) in [4.78, 5) is 27.6. The maximum Gasteiger partial charge on any atom is 0.340 e. The smallest absolute Gasteiger partial charge is 0.340 e. The van der Waals surface area contributed by atoms with Gasteiger partial charge >= 0.3 is 5.97 Å². The molecule has 1 amide bonds. The Bertz CT molecular complexity index is 702. The van der Waals surface area contributed by atoms with Crippen LogP contribution >= 0.6 is 22.6 Å². The number of hydrogen-bond donors (Lipinski definition) is 1. The number of carbonyl (C=O) groups is 2. The standard InChI is InChI=1S/C17H17IN2O3/c1-11(2)14-8-13(18)5-6-15(14)20-16(21)10-23-17(22)12-4-3-7-19-9-12/h3-9,11H,10H2,1-2H3,(H,20,21). The van der Waals surface area contributed by atoms with Gasteiger partial charge in [0.25, 0.3) is 5.91 Å². The van der Waals surface area contributed by atoms with E-state index in [1.54, 1.807) is 18.3 Å². The molecule has 0 aliphatic rings. The average Bonchev–Trinajstić information content (AvgIpc) is 2.55. The number of nitrogens with zero attached hydrogens (tertiary/aromatic N) is 1. The molecule has 1 N–H and O–H groups in total. The van der Waals surface area contributed by atoms with Crippen LogP contribution in [0, 0.1) is 3.57 Å². The van der Waals surface area contributed by atoms with Crippen molar-refractivity contribution in [2.24, 2.45) is 0 Å². The van der Waals surface area contributed by atoms with Crippen LogP contribution in [-0.4, -0.2) is 23.5 Å². The summed E-state index contributed by atoms with van der Waals surface area (Å²) >= 11 is 2.23. The third kappa shape index (κ3) is 5.02. The number of aromatic nitrogens is 1. The van der Waals surface area contributed by atoms with Crippen molar-refractivity contribution < 1.29 is 14.3 Å². The number of pyridine rings is 1.